The molecule has 4 aliphatic carbocycles. The number of esters is 1. The maximum atomic E-state index is 16.7. The van der Waals surface area contributed by atoms with Crippen LogP contribution in [0.5, 0.6) is 0 Å². The van der Waals surface area contributed by atoms with Crippen molar-refractivity contribution in [1.29, 1.82) is 0 Å². The third-order valence-corrected chi connectivity index (χ3v) is 26.8. The Balaban J connectivity index is 1.07. The fourth-order valence-electron chi connectivity index (χ4n) is 26.6. The van der Waals surface area contributed by atoms with E-state index in [2.05, 4.69) is 41.0 Å². The Bertz CT molecular complexity index is 7520. The van der Waals surface area contributed by atoms with Crippen LogP contribution in [-0.2, 0) is 25.2 Å². The van der Waals surface area contributed by atoms with Gasteiger partial charge in [0.1, 0.15) is 12.6 Å². The molecule has 5 aliphatic rings. The fraction of sp³-hybridized carbons (Fsp3) is 0.0959. The van der Waals surface area contributed by atoms with Crippen molar-refractivity contribution in [2.75, 3.05) is 13.2 Å². The number of hydrogen-bond donors (Lipinski definition) is 2. The van der Waals surface area contributed by atoms with E-state index in [1.807, 2.05) is 6.92 Å². The molecule has 2 atom stereocenters. The zero-order chi connectivity index (χ0) is 47.4. The highest BCUT2D eigenvalue weighted by Crippen LogP contribution is 2.87. The van der Waals surface area contributed by atoms with Gasteiger partial charge in [-0.05, 0) is 326 Å². The van der Waals surface area contributed by atoms with Crippen molar-refractivity contribution in [2.45, 2.75) is 29.8 Å². The summed E-state index contributed by atoms with van der Waals surface area (Å²) in [7, 11) is 0. The minimum absolute atomic E-state index is 0.0987. The molecular formula is C73H16N2O3. The van der Waals surface area contributed by atoms with Crippen molar-refractivity contribution in [3.8, 4) is 0 Å². The van der Waals surface area contributed by atoms with E-state index in [-0.39, 0.29) is 25.1 Å². The van der Waals surface area contributed by atoms with Crippen molar-refractivity contribution < 1.29 is 14.3 Å². The van der Waals surface area contributed by atoms with Crippen LogP contribution in [0.3, 0.4) is 0 Å². The highest BCUT2D eigenvalue weighted by atomic mass is 16.5. The van der Waals surface area contributed by atoms with Gasteiger partial charge in [-0.1, -0.05) is 30.3 Å². The van der Waals surface area contributed by atoms with Crippen LogP contribution < -0.4 is 10.6 Å². The first-order valence-corrected chi connectivity index (χ1v) is 28.7. The fourth-order valence-corrected chi connectivity index (χ4v) is 26.6. The number of rotatable bonds is 5. The average molecular weight is 969 g/mol. The summed E-state index contributed by atoms with van der Waals surface area (Å²) in [5.74, 6) is -0.491. The van der Waals surface area contributed by atoms with Gasteiger partial charge in [-0.3, -0.25) is 14.9 Å². The molecule has 1 amide bonds. The van der Waals surface area contributed by atoms with Gasteiger partial charge in [0.2, 0.25) is 5.91 Å². The second kappa shape index (κ2) is 7.37. The van der Waals surface area contributed by atoms with E-state index in [4.69, 9.17) is 4.74 Å². The maximum Gasteiger partial charge on any atom is 0.325 e. The summed E-state index contributed by atoms with van der Waals surface area (Å²) in [6.07, 6.45) is 0. The Labute approximate surface area is 426 Å². The molecule has 0 aromatic heterocycles. The third kappa shape index (κ3) is 1.76. The molecule has 0 unspecified atom stereocenters. The first kappa shape index (κ1) is 31.0. The van der Waals surface area contributed by atoms with Crippen molar-refractivity contribution in [3.05, 3.63) is 58.1 Å². The molecule has 5 heteroatoms. The molecule has 1 fully saturated rings. The molecular weight excluding hydrogens is 953 g/mol. The molecule has 1 saturated heterocycles. The quantitative estimate of drug-likeness (QED) is 0.133. The van der Waals surface area contributed by atoms with E-state index in [1.165, 1.54) is 146 Å². The van der Waals surface area contributed by atoms with Gasteiger partial charge in [0.05, 0.1) is 17.4 Å². The number of nitrogens with one attached hydrogen (secondary N) is 2. The Morgan fingerprint density at radius 1 is 0.359 bits per heavy atom. The Morgan fingerprint density at radius 3 is 0.833 bits per heavy atom. The summed E-state index contributed by atoms with van der Waals surface area (Å²) >= 11 is 0. The van der Waals surface area contributed by atoms with E-state index in [9.17, 15) is 4.79 Å². The standard InChI is InChI=1S/C73H16N2O3/c1-2-78-10(76)8-74-71(77)70-73-67-61-51-41-31-23-15-12-11-13-17-19(15)27-33-25(17)35-29-21(13)22-14(11)18-20-16(12)24(23)32-38-28(20)34-26(18)36-30(22)40-39(29)49-43(35)53-47(33)55(45(51)37(27)31)63(67)59(53)65-57(49)58-50(40)44(36)54-48(34)56-46(38)52(42(32)41)62(61)68(73)64(56)60(54)66(58)72(65,73)69(75-70)9-6-4-3-5-7-9/h3-7,69-70,75H,2,8H2,1H3,(H,74,77)/t69-,70+,72?,73?/m0/s1. The predicted octanol–water partition coefficient (Wildman–Crippen LogP) is 16.7. The molecule has 2 spiro atoms. The molecule has 5 nitrogen and oxygen atoms in total. The largest absolute Gasteiger partial charge is 0.465 e. The summed E-state index contributed by atoms with van der Waals surface area (Å²) in [5.41, 5.74) is 5.51. The normalized spacial score (nSPS) is 23.2. The SMILES string of the molecule is CCOC(=O)CNC(=O)[C@H]1N[C@@H](c2ccccc2)C23c4c5c6c7c8c9c(c%10c%11c2c2c4c4c%12c5c5c6c6c8c8c%13c9c9c%10c%10c%11c%11c2c2c4c4c%12c%12c5c5c6c8c6c8c%13c9c9c%10c%10c%11c2c2c4c4c%12c5c6c5c8c9c%10c2c45)C713. The van der Waals surface area contributed by atoms with Gasteiger partial charge >= 0.3 is 5.97 Å². The average Bonchev–Trinajstić information content (AvgIpc) is 1.78. The summed E-state index contributed by atoms with van der Waals surface area (Å²) in [6.45, 7) is 1.96. The molecule has 1 aliphatic heterocycles. The molecule has 29 aromatic carbocycles. The molecule has 0 radical (unpaired) electrons. The summed E-state index contributed by atoms with van der Waals surface area (Å²) in [6, 6.07) is 10.4. The molecule has 0 bridgehead atoms. The predicted molar refractivity (Wildman–Crippen MR) is 320 cm³/mol. The van der Waals surface area contributed by atoms with Gasteiger partial charge in [0.25, 0.3) is 0 Å². The van der Waals surface area contributed by atoms with Crippen LogP contribution >= 0.6 is 0 Å². The monoisotopic (exact) mass is 968 g/mol. The lowest BCUT2D eigenvalue weighted by atomic mass is 9.46. The molecule has 336 valence electrons. The summed E-state index contributed by atoms with van der Waals surface area (Å²) in [5, 5.41) is 91.0. The van der Waals surface area contributed by atoms with Gasteiger partial charge in [0, 0.05) is 6.04 Å². The minimum atomic E-state index is -0.877. The van der Waals surface area contributed by atoms with E-state index in [1.54, 1.807) is 172 Å². The van der Waals surface area contributed by atoms with E-state index in [0.717, 1.165) is 0 Å². The lowest BCUT2D eigenvalue weighted by molar-refractivity contribution is -0.143. The van der Waals surface area contributed by atoms with Crippen molar-refractivity contribution in [3.63, 3.8) is 0 Å². The van der Waals surface area contributed by atoms with E-state index < -0.39 is 22.8 Å². The first-order chi connectivity index (χ1) is 38.7. The van der Waals surface area contributed by atoms with Crippen molar-refractivity contribution in [1.82, 2.24) is 10.6 Å². The van der Waals surface area contributed by atoms with Crippen LogP contribution in [0.25, 0.3) is 291 Å². The van der Waals surface area contributed by atoms with Gasteiger partial charge in [-0.25, -0.2) is 0 Å². The van der Waals surface area contributed by atoms with Crippen LogP contribution in [0.1, 0.15) is 40.8 Å². The number of carbonyl (C=O) groups excluding carboxylic acids is 2. The zero-order valence-electron chi connectivity index (χ0n) is 40.2. The first-order valence-electron chi connectivity index (χ1n) is 28.7. The number of carbonyl (C=O) groups is 2. The Morgan fingerprint density at radius 2 is 0.590 bits per heavy atom. The lowest BCUT2D eigenvalue weighted by Gasteiger charge is -2.53. The Kier molecular flexibility index (Phi) is 2.93. The van der Waals surface area contributed by atoms with E-state index >= 15 is 4.79 Å². The van der Waals surface area contributed by atoms with Crippen LogP contribution in [-0.4, -0.2) is 31.1 Å². The summed E-state index contributed by atoms with van der Waals surface area (Å²) < 4.78 is 5.61. The van der Waals surface area contributed by atoms with Crippen molar-refractivity contribution >= 4 is 303 Å². The van der Waals surface area contributed by atoms with Crippen LogP contribution in [0, 0.1) is 0 Å². The van der Waals surface area contributed by atoms with Gasteiger partial charge < -0.3 is 10.1 Å². The number of benzene rings is 19. The van der Waals surface area contributed by atoms with Gasteiger partial charge in [-0.15, -0.1) is 0 Å². The molecule has 78 heavy (non-hydrogen) atoms. The zero-order valence-corrected chi connectivity index (χ0v) is 40.2. The van der Waals surface area contributed by atoms with Crippen LogP contribution in [0.4, 0.5) is 0 Å². The Hall–Kier alpha value is -9.42. The number of ether oxygens (including phenoxy) is 1. The van der Waals surface area contributed by atoms with Gasteiger partial charge in [0.15, 0.2) is 0 Å². The molecule has 2 N–H and O–H groups in total. The number of amides is 1. The van der Waals surface area contributed by atoms with E-state index in [0.29, 0.717) is 0 Å². The highest BCUT2D eigenvalue weighted by Gasteiger charge is 2.78. The third-order valence-electron chi connectivity index (χ3n) is 26.8. The second-order valence-corrected chi connectivity index (χ2v) is 27.3. The van der Waals surface area contributed by atoms with Crippen molar-refractivity contribution in [2.24, 2.45) is 0 Å². The molecule has 1 heterocycles. The van der Waals surface area contributed by atoms with Crippen LogP contribution in [0.2, 0.25) is 0 Å². The molecule has 0 saturated carbocycles. The minimum Gasteiger partial charge on any atom is -0.465 e. The second-order valence-electron chi connectivity index (χ2n) is 27.3. The molecule has 29 aromatic rings. The van der Waals surface area contributed by atoms with Gasteiger partial charge in [-0.2, -0.15) is 0 Å². The maximum absolute atomic E-state index is 16.7. The number of hydrogen-bond acceptors (Lipinski definition) is 4. The topological polar surface area (TPSA) is 67.4 Å². The van der Waals surface area contributed by atoms with Crippen LogP contribution in [0.15, 0.2) is 30.3 Å². The highest BCUT2D eigenvalue weighted by molar-refractivity contribution is 6.82. The summed E-state index contributed by atoms with van der Waals surface area (Å²) in [4.78, 5) is 30.3. The smallest absolute Gasteiger partial charge is 0.325 e. The lowest BCUT2D eigenvalue weighted by Crippen LogP contribution is -2.59. The molecule has 34 rings (SSSR count).